The van der Waals surface area contributed by atoms with Crippen molar-refractivity contribution in [3.05, 3.63) is 0 Å². The van der Waals surface area contributed by atoms with Crippen LogP contribution in [-0.2, 0) is 9.84 Å². The van der Waals surface area contributed by atoms with Gasteiger partial charge in [-0.15, -0.1) is 0 Å². The van der Waals surface area contributed by atoms with Gasteiger partial charge in [-0.05, 0) is 0 Å². The van der Waals surface area contributed by atoms with Crippen LogP contribution in [0.15, 0.2) is 0 Å². The fourth-order valence-corrected chi connectivity index (χ4v) is 1.12. The van der Waals surface area contributed by atoms with Crippen molar-refractivity contribution >= 4 is 0 Å². The Morgan fingerprint density at radius 1 is 1.23 bits per heavy atom. The van der Waals surface area contributed by atoms with Gasteiger partial charge in [-0.3, -0.25) is 0 Å². The van der Waals surface area contributed by atoms with E-state index < -0.39 is 37.0 Å². The van der Waals surface area contributed by atoms with Crippen LogP contribution in [0.1, 0.15) is 0 Å². The number of aliphatic hydroxyl groups excluding tert-OH is 4. The van der Waals surface area contributed by atoms with Crippen LogP contribution in [0.4, 0.5) is 0 Å². The monoisotopic (exact) mass is 195 g/mol. The van der Waals surface area contributed by atoms with E-state index in [0.717, 1.165) is 0 Å². The fourth-order valence-electron chi connectivity index (χ4n) is 1.12. The van der Waals surface area contributed by atoms with Gasteiger partial charge in [-0.25, -0.2) is 0 Å². The zero-order valence-electron chi connectivity index (χ0n) is 6.57. The van der Waals surface area contributed by atoms with Crippen molar-refractivity contribution < 1.29 is 35.4 Å². The molecule has 5 N–H and O–H groups in total. The first kappa shape index (κ1) is 10.8. The molecule has 0 bridgehead atoms. The van der Waals surface area contributed by atoms with Crippen molar-refractivity contribution in [3.8, 4) is 0 Å². The summed E-state index contributed by atoms with van der Waals surface area (Å²) in [5, 5.41) is 55.3. The van der Waals surface area contributed by atoms with Crippen molar-refractivity contribution in [2.75, 3.05) is 6.61 Å². The molecule has 1 aliphatic heterocycles. The molecule has 1 aliphatic rings. The van der Waals surface area contributed by atoms with Crippen molar-refractivity contribution in [1.82, 2.24) is 0 Å². The molecular weight excluding hydrogens is 184 g/mol. The molecule has 7 nitrogen and oxygen atoms in total. The molecule has 0 spiro atoms. The Morgan fingerprint density at radius 2 is 1.77 bits per heavy atom. The highest BCUT2D eigenvalue weighted by atomic mass is 16.8. The van der Waals surface area contributed by atoms with Gasteiger partial charge >= 0.3 is 5.97 Å². The molecule has 13 heavy (non-hydrogen) atoms. The summed E-state index contributed by atoms with van der Waals surface area (Å²) in [5.41, 5.74) is 0. The molecule has 1 radical (unpaired) electrons. The number of aliphatic hydroxyl groups is 5. The molecule has 7 heteroatoms. The zero-order chi connectivity index (χ0) is 10.2. The van der Waals surface area contributed by atoms with Crippen LogP contribution in [0.2, 0.25) is 0 Å². The normalized spacial score (nSPS) is 44.8. The molecule has 1 heterocycles. The van der Waals surface area contributed by atoms with Crippen molar-refractivity contribution in [2.24, 2.45) is 0 Å². The Bertz CT molecular complexity index is 180. The Balaban J connectivity index is 2.79. The van der Waals surface area contributed by atoms with E-state index in [0.29, 0.717) is 0 Å². The number of ether oxygens (including phenoxy) is 1. The van der Waals surface area contributed by atoms with Crippen molar-refractivity contribution in [2.45, 2.75) is 30.4 Å². The molecule has 0 unspecified atom stereocenters. The summed E-state index contributed by atoms with van der Waals surface area (Å²) in [6.45, 7) is -0.741. The van der Waals surface area contributed by atoms with Crippen LogP contribution in [0, 0.1) is 0 Å². The van der Waals surface area contributed by atoms with Gasteiger partial charge in [0.05, 0.1) is 6.61 Å². The van der Waals surface area contributed by atoms with E-state index in [2.05, 4.69) is 4.74 Å². The van der Waals surface area contributed by atoms with Gasteiger partial charge in [0.2, 0.25) is 0 Å². The van der Waals surface area contributed by atoms with E-state index in [1.165, 1.54) is 0 Å². The summed E-state index contributed by atoms with van der Waals surface area (Å²) in [7, 11) is 0. The maximum absolute atomic E-state index is 10.9. The van der Waals surface area contributed by atoms with E-state index in [1.807, 2.05) is 0 Å². The zero-order valence-corrected chi connectivity index (χ0v) is 6.57. The Kier molecular flexibility index (Phi) is 2.88. The topological polar surface area (TPSA) is 130 Å². The first-order chi connectivity index (χ1) is 5.90. The predicted molar refractivity (Wildman–Crippen MR) is 35.6 cm³/mol. The maximum Gasteiger partial charge on any atom is 0.339 e. The molecule has 0 amide bonds. The van der Waals surface area contributed by atoms with E-state index in [-0.39, 0.29) is 0 Å². The lowest BCUT2D eigenvalue weighted by Crippen LogP contribution is -2.64. The minimum atomic E-state index is -3.20. The minimum absolute atomic E-state index is 0.741. The van der Waals surface area contributed by atoms with Gasteiger partial charge in [0.15, 0.2) is 6.10 Å². The average molecular weight is 195 g/mol. The molecule has 0 saturated carbocycles. The summed E-state index contributed by atoms with van der Waals surface area (Å²) < 4.78 is 4.21. The lowest BCUT2D eigenvalue weighted by Gasteiger charge is -2.40. The van der Waals surface area contributed by atoms with Gasteiger partial charge in [-0.1, -0.05) is 0 Å². The van der Waals surface area contributed by atoms with Crippen LogP contribution in [0.3, 0.4) is 0 Å². The van der Waals surface area contributed by atoms with Gasteiger partial charge in [0.1, 0.15) is 18.3 Å². The van der Waals surface area contributed by atoms with E-state index >= 15 is 0 Å². The van der Waals surface area contributed by atoms with E-state index in [1.54, 1.807) is 0 Å². The Morgan fingerprint density at radius 3 is 2.23 bits per heavy atom. The van der Waals surface area contributed by atoms with Gasteiger partial charge in [-0.2, -0.15) is 5.11 Å². The smallest absolute Gasteiger partial charge is 0.339 e. The van der Waals surface area contributed by atoms with Gasteiger partial charge in [0.25, 0.3) is 0 Å². The second-order valence-electron chi connectivity index (χ2n) is 2.90. The SMILES string of the molecule is [O][C@]1(O)O[C@H](CO)[C@@H](O)[C@@H](O)[C@H]1O. The Hall–Kier alpha value is -0.280. The summed E-state index contributed by atoms with van der Waals surface area (Å²) in [4.78, 5) is 0. The third kappa shape index (κ3) is 1.81. The first-order valence-corrected chi connectivity index (χ1v) is 3.66. The molecular formula is C6H11O7. The molecule has 5 atom stereocenters. The molecule has 0 aliphatic carbocycles. The largest absolute Gasteiger partial charge is 0.394 e. The Labute approximate surface area is 73.4 Å². The fraction of sp³-hybridized carbons (Fsp3) is 1.00. The predicted octanol–water partition coefficient (Wildman–Crippen LogP) is -3.46. The highest BCUT2D eigenvalue weighted by Crippen LogP contribution is 2.26. The van der Waals surface area contributed by atoms with Gasteiger partial charge < -0.3 is 30.3 Å². The van der Waals surface area contributed by atoms with Crippen LogP contribution in [0.5, 0.6) is 0 Å². The van der Waals surface area contributed by atoms with Crippen LogP contribution in [-0.4, -0.2) is 62.5 Å². The summed E-state index contributed by atoms with van der Waals surface area (Å²) in [5.74, 6) is -3.20. The summed E-state index contributed by atoms with van der Waals surface area (Å²) in [6.07, 6.45) is -6.99. The van der Waals surface area contributed by atoms with E-state index in [4.69, 9.17) is 25.5 Å². The van der Waals surface area contributed by atoms with Crippen LogP contribution < -0.4 is 0 Å². The molecule has 0 aromatic heterocycles. The molecule has 0 aromatic carbocycles. The summed E-state index contributed by atoms with van der Waals surface area (Å²) >= 11 is 0. The molecule has 1 rings (SSSR count). The maximum atomic E-state index is 10.9. The highest BCUT2D eigenvalue weighted by molar-refractivity contribution is 4.90. The number of rotatable bonds is 1. The van der Waals surface area contributed by atoms with Crippen molar-refractivity contribution in [3.63, 3.8) is 0 Å². The summed E-state index contributed by atoms with van der Waals surface area (Å²) in [6, 6.07) is 0. The number of hydrogen-bond acceptors (Lipinski definition) is 6. The highest BCUT2D eigenvalue weighted by Gasteiger charge is 2.53. The first-order valence-electron chi connectivity index (χ1n) is 3.66. The lowest BCUT2D eigenvalue weighted by atomic mass is 9.98. The molecule has 77 valence electrons. The van der Waals surface area contributed by atoms with E-state index in [9.17, 15) is 5.11 Å². The third-order valence-electron chi connectivity index (χ3n) is 1.93. The quantitative estimate of drug-likeness (QED) is 0.276. The lowest BCUT2D eigenvalue weighted by molar-refractivity contribution is -0.455. The molecule has 1 saturated heterocycles. The average Bonchev–Trinajstić information content (AvgIpc) is 2.08. The van der Waals surface area contributed by atoms with Crippen LogP contribution >= 0.6 is 0 Å². The standard InChI is InChI=1S/C6H11O7/c7-1-2-3(8)4(9)5(10)6(11,12)13-2/h2-5,7-11H,1H2/t2-,3-,4-,5-,6+/m1/s1. The minimum Gasteiger partial charge on any atom is -0.394 e. The third-order valence-corrected chi connectivity index (χ3v) is 1.93. The molecule has 1 fully saturated rings. The second-order valence-corrected chi connectivity index (χ2v) is 2.90. The number of hydrogen-bond donors (Lipinski definition) is 5. The van der Waals surface area contributed by atoms with Crippen LogP contribution in [0.25, 0.3) is 0 Å². The second kappa shape index (κ2) is 3.46. The molecule has 0 aromatic rings. The van der Waals surface area contributed by atoms with Crippen molar-refractivity contribution in [1.29, 1.82) is 0 Å². The van der Waals surface area contributed by atoms with Gasteiger partial charge in [0, 0.05) is 0 Å².